The first-order chi connectivity index (χ1) is 17.2. The number of anilines is 1. The number of ether oxygens (including phenoxy) is 4. The second-order valence-electron chi connectivity index (χ2n) is 7.54. The van der Waals surface area contributed by atoms with Gasteiger partial charge in [0.15, 0.2) is 23.0 Å². The van der Waals surface area contributed by atoms with E-state index in [9.17, 15) is 5.26 Å². The lowest BCUT2D eigenvalue weighted by molar-refractivity contribution is 0.132. The Morgan fingerprint density at radius 2 is 1.74 bits per heavy atom. The molecule has 2 heterocycles. The van der Waals surface area contributed by atoms with E-state index >= 15 is 0 Å². The highest BCUT2D eigenvalue weighted by Crippen LogP contribution is 2.30. The van der Waals surface area contributed by atoms with E-state index in [1.807, 2.05) is 30.3 Å². The van der Waals surface area contributed by atoms with Gasteiger partial charge in [-0.15, -0.1) is 0 Å². The van der Waals surface area contributed by atoms with Crippen LogP contribution in [0.5, 0.6) is 11.5 Å². The highest BCUT2D eigenvalue weighted by atomic mass is 16.5. The summed E-state index contributed by atoms with van der Waals surface area (Å²) in [5.41, 5.74) is 2.86. The predicted octanol–water partition coefficient (Wildman–Crippen LogP) is 3.55. The van der Waals surface area contributed by atoms with Gasteiger partial charge in [0, 0.05) is 26.3 Å². The number of rotatable bonds is 12. The Hall–Kier alpha value is -4.20. The molecule has 10 heteroatoms. The van der Waals surface area contributed by atoms with Crippen molar-refractivity contribution in [1.82, 2.24) is 20.2 Å². The third-order valence-corrected chi connectivity index (χ3v) is 5.12. The number of hydrogen-bond acceptors (Lipinski definition) is 9. The molecule has 0 aliphatic carbocycles. The van der Waals surface area contributed by atoms with E-state index < -0.39 is 0 Å². The van der Waals surface area contributed by atoms with Gasteiger partial charge in [-0.1, -0.05) is 18.2 Å². The standard InChI is InChI=1S/C25H26N6O4/c1-32-8-10-34-21-7-6-18(13-22(21)35-11-9-33-2)15-27-24-20-16-28-31-25(20)30-23(29-24)19-5-3-4-17(12-19)14-26/h3-7,12-13,16H,8-11,15H2,1-2H3,(H2,27,28,29,30,31). The molecule has 0 aliphatic heterocycles. The maximum absolute atomic E-state index is 9.23. The molecule has 0 aliphatic rings. The van der Waals surface area contributed by atoms with Gasteiger partial charge in [-0.05, 0) is 29.8 Å². The van der Waals surface area contributed by atoms with Gasteiger partial charge in [-0.3, -0.25) is 5.10 Å². The minimum Gasteiger partial charge on any atom is -0.487 e. The first-order valence-corrected chi connectivity index (χ1v) is 11.0. The van der Waals surface area contributed by atoms with Gasteiger partial charge in [0.1, 0.15) is 19.0 Å². The van der Waals surface area contributed by atoms with Crippen molar-refractivity contribution < 1.29 is 18.9 Å². The molecule has 10 nitrogen and oxygen atoms in total. The van der Waals surface area contributed by atoms with Crippen molar-refractivity contribution in [3.8, 4) is 29.0 Å². The molecule has 180 valence electrons. The van der Waals surface area contributed by atoms with Crippen LogP contribution in [0.25, 0.3) is 22.4 Å². The fourth-order valence-electron chi connectivity index (χ4n) is 3.38. The van der Waals surface area contributed by atoms with Crippen LogP contribution in [0.2, 0.25) is 0 Å². The number of benzene rings is 2. The lowest BCUT2D eigenvalue weighted by atomic mass is 10.1. The van der Waals surface area contributed by atoms with Crippen LogP contribution < -0.4 is 14.8 Å². The molecule has 0 atom stereocenters. The molecule has 0 unspecified atom stereocenters. The Morgan fingerprint density at radius 1 is 0.943 bits per heavy atom. The van der Waals surface area contributed by atoms with Crippen LogP contribution in [0.15, 0.2) is 48.7 Å². The zero-order valence-electron chi connectivity index (χ0n) is 19.6. The minimum atomic E-state index is 0.403. The summed E-state index contributed by atoms with van der Waals surface area (Å²) in [5.74, 6) is 2.39. The van der Waals surface area contributed by atoms with Crippen molar-refractivity contribution in [2.24, 2.45) is 0 Å². The normalized spacial score (nSPS) is 10.8. The molecule has 2 N–H and O–H groups in total. The number of hydrogen-bond donors (Lipinski definition) is 2. The van der Waals surface area contributed by atoms with Crippen molar-refractivity contribution in [3.05, 3.63) is 59.8 Å². The molecule has 0 saturated heterocycles. The molecule has 0 bridgehead atoms. The molecule has 4 aromatic rings. The molecular formula is C25H26N6O4. The van der Waals surface area contributed by atoms with Gasteiger partial charge in [-0.25, -0.2) is 9.97 Å². The van der Waals surface area contributed by atoms with Crippen molar-refractivity contribution in [3.63, 3.8) is 0 Å². The molecular weight excluding hydrogens is 448 g/mol. The van der Waals surface area contributed by atoms with Crippen LogP contribution in [-0.2, 0) is 16.0 Å². The first kappa shape index (κ1) is 23.9. The Kier molecular flexibility index (Phi) is 8.06. The number of fused-ring (bicyclic) bond motifs is 1. The second kappa shape index (κ2) is 11.8. The topological polar surface area (TPSA) is 127 Å². The summed E-state index contributed by atoms with van der Waals surface area (Å²) in [7, 11) is 3.26. The zero-order chi connectivity index (χ0) is 24.5. The average Bonchev–Trinajstić information content (AvgIpc) is 3.37. The summed E-state index contributed by atoms with van der Waals surface area (Å²) in [6.07, 6.45) is 1.68. The van der Waals surface area contributed by atoms with Crippen LogP contribution in [0.4, 0.5) is 5.82 Å². The fraction of sp³-hybridized carbons (Fsp3) is 0.280. The van der Waals surface area contributed by atoms with Crippen molar-refractivity contribution >= 4 is 16.9 Å². The third-order valence-electron chi connectivity index (χ3n) is 5.12. The van der Waals surface area contributed by atoms with Gasteiger partial charge >= 0.3 is 0 Å². The summed E-state index contributed by atoms with van der Waals surface area (Å²) in [4.78, 5) is 9.27. The van der Waals surface area contributed by atoms with Gasteiger partial charge in [0.2, 0.25) is 0 Å². The van der Waals surface area contributed by atoms with E-state index in [1.54, 1.807) is 32.5 Å². The summed E-state index contributed by atoms with van der Waals surface area (Å²) >= 11 is 0. The minimum absolute atomic E-state index is 0.403. The van der Waals surface area contributed by atoms with Crippen molar-refractivity contribution in [2.75, 3.05) is 46.0 Å². The van der Waals surface area contributed by atoms with Gasteiger partial charge in [-0.2, -0.15) is 10.4 Å². The molecule has 4 rings (SSSR count). The van der Waals surface area contributed by atoms with Gasteiger partial charge in [0.25, 0.3) is 0 Å². The third kappa shape index (κ3) is 6.03. The molecule has 0 fully saturated rings. The van der Waals surface area contributed by atoms with Gasteiger partial charge in [0.05, 0.1) is 36.4 Å². The largest absolute Gasteiger partial charge is 0.487 e. The highest BCUT2D eigenvalue weighted by Gasteiger charge is 2.13. The van der Waals surface area contributed by atoms with Crippen LogP contribution in [-0.4, -0.2) is 60.8 Å². The molecule has 2 aromatic carbocycles. The maximum atomic E-state index is 9.23. The summed E-state index contributed by atoms with van der Waals surface area (Å²) in [6.45, 7) is 2.25. The molecule has 0 amide bonds. The molecule has 0 spiro atoms. The summed E-state index contributed by atoms with van der Waals surface area (Å²) in [5, 5.41) is 20.4. The Balaban J connectivity index is 1.57. The Labute approximate surface area is 202 Å². The predicted molar refractivity (Wildman–Crippen MR) is 130 cm³/mol. The van der Waals surface area contributed by atoms with E-state index in [4.69, 9.17) is 23.9 Å². The Bertz CT molecular complexity index is 1320. The molecule has 0 radical (unpaired) electrons. The van der Waals surface area contributed by atoms with E-state index in [1.165, 1.54) is 0 Å². The fourth-order valence-corrected chi connectivity index (χ4v) is 3.38. The maximum Gasteiger partial charge on any atom is 0.164 e. The van der Waals surface area contributed by atoms with Gasteiger partial charge < -0.3 is 24.3 Å². The highest BCUT2D eigenvalue weighted by molar-refractivity contribution is 5.87. The number of nitriles is 1. The van der Waals surface area contributed by atoms with Crippen LogP contribution in [0.3, 0.4) is 0 Å². The average molecular weight is 475 g/mol. The molecule has 0 saturated carbocycles. The monoisotopic (exact) mass is 474 g/mol. The van der Waals surface area contributed by atoms with E-state index in [2.05, 4.69) is 26.6 Å². The van der Waals surface area contributed by atoms with Crippen LogP contribution >= 0.6 is 0 Å². The lowest BCUT2D eigenvalue weighted by Crippen LogP contribution is -2.09. The second-order valence-corrected chi connectivity index (χ2v) is 7.54. The Morgan fingerprint density at radius 3 is 2.51 bits per heavy atom. The smallest absolute Gasteiger partial charge is 0.164 e. The van der Waals surface area contributed by atoms with Crippen molar-refractivity contribution in [2.45, 2.75) is 6.54 Å². The molecule has 35 heavy (non-hydrogen) atoms. The number of methoxy groups -OCH3 is 2. The number of H-pyrrole nitrogens is 1. The van der Waals surface area contributed by atoms with E-state index in [0.717, 1.165) is 16.5 Å². The van der Waals surface area contributed by atoms with Crippen molar-refractivity contribution in [1.29, 1.82) is 5.26 Å². The van der Waals surface area contributed by atoms with Crippen LogP contribution in [0, 0.1) is 11.3 Å². The molecule has 2 aromatic heterocycles. The summed E-state index contributed by atoms with van der Waals surface area (Å²) in [6, 6.07) is 15.1. The van der Waals surface area contributed by atoms with Crippen LogP contribution in [0.1, 0.15) is 11.1 Å². The quantitative estimate of drug-likeness (QED) is 0.296. The van der Waals surface area contributed by atoms with E-state index in [0.29, 0.717) is 67.3 Å². The number of nitrogens with one attached hydrogen (secondary N) is 2. The SMILES string of the molecule is COCCOc1ccc(CNc2nc(-c3cccc(C#N)c3)nc3[nH]ncc23)cc1OCCOC. The number of aromatic nitrogens is 4. The zero-order valence-corrected chi connectivity index (χ0v) is 19.6. The first-order valence-electron chi connectivity index (χ1n) is 11.0. The number of aromatic amines is 1. The van der Waals surface area contributed by atoms with E-state index in [-0.39, 0.29) is 0 Å². The lowest BCUT2D eigenvalue weighted by Gasteiger charge is -2.15. The summed E-state index contributed by atoms with van der Waals surface area (Å²) < 4.78 is 21.8. The number of nitrogens with zero attached hydrogens (tertiary/aromatic N) is 4.